The molecular weight excluding hydrogens is 463 g/mol. The van der Waals surface area contributed by atoms with Crippen molar-refractivity contribution in [1.29, 1.82) is 0 Å². The van der Waals surface area contributed by atoms with Gasteiger partial charge in [-0.15, -0.1) is 0 Å². The fourth-order valence-electron chi connectivity index (χ4n) is 4.07. The molecule has 0 aliphatic carbocycles. The quantitative estimate of drug-likeness (QED) is 0.380. The van der Waals surface area contributed by atoms with Crippen LogP contribution in [0.2, 0.25) is 0 Å². The molecule has 1 amide bonds. The topological polar surface area (TPSA) is 72.9 Å². The number of rotatable bonds is 4. The minimum atomic E-state index is -4.47. The highest BCUT2D eigenvalue weighted by molar-refractivity contribution is 5.99. The number of ether oxygens (including phenoxy) is 2. The molecule has 182 valence electrons. The Morgan fingerprint density at radius 2 is 1.51 bits per heavy atom. The van der Waals surface area contributed by atoms with Crippen LogP contribution in [0.25, 0.3) is 10.8 Å². The molecule has 3 aromatic carbocycles. The molecule has 0 atom stereocenters. The molecule has 0 N–H and O–H groups in total. The number of hydrogen-bond acceptors (Lipinski definition) is 5. The van der Waals surface area contributed by atoms with Gasteiger partial charge in [0.1, 0.15) is 11.3 Å². The summed E-state index contributed by atoms with van der Waals surface area (Å²) in [6.45, 7) is 0.502. The standard InChI is InChI=1S/C26H22F3NO5/c1-34-25(33)21-14-18-4-2-3-5-19(18)15-22(21)35-24(32)17-10-12-30(13-11-17)23(31)16-6-8-20(9-7-16)26(27,28)29/h2-9,14-15,17H,10-13H2,1H3. The minimum absolute atomic E-state index is 0.101. The van der Waals surface area contributed by atoms with Gasteiger partial charge in [-0.05, 0) is 60.0 Å². The number of piperidine rings is 1. The van der Waals surface area contributed by atoms with Crippen LogP contribution in [0, 0.1) is 5.92 Å². The Labute approximate surface area is 199 Å². The Morgan fingerprint density at radius 3 is 2.09 bits per heavy atom. The third-order valence-electron chi connectivity index (χ3n) is 6.04. The van der Waals surface area contributed by atoms with Crippen molar-refractivity contribution >= 4 is 28.6 Å². The van der Waals surface area contributed by atoms with Crippen molar-refractivity contribution in [2.45, 2.75) is 19.0 Å². The molecule has 9 heteroatoms. The van der Waals surface area contributed by atoms with Crippen LogP contribution >= 0.6 is 0 Å². The van der Waals surface area contributed by atoms with E-state index in [1.807, 2.05) is 24.3 Å². The monoisotopic (exact) mass is 485 g/mol. The maximum absolute atomic E-state index is 12.9. The Kier molecular flexibility index (Phi) is 6.77. The number of fused-ring (bicyclic) bond motifs is 1. The lowest BCUT2D eigenvalue weighted by atomic mass is 9.96. The van der Waals surface area contributed by atoms with Gasteiger partial charge >= 0.3 is 18.1 Å². The van der Waals surface area contributed by atoms with E-state index in [4.69, 9.17) is 9.47 Å². The summed E-state index contributed by atoms with van der Waals surface area (Å²) in [5.74, 6) is -1.94. The van der Waals surface area contributed by atoms with E-state index in [2.05, 4.69) is 0 Å². The third kappa shape index (κ3) is 5.29. The van der Waals surface area contributed by atoms with Crippen molar-refractivity contribution in [3.05, 3.63) is 77.4 Å². The van der Waals surface area contributed by atoms with Crippen LogP contribution in [0.1, 0.15) is 39.1 Å². The Balaban J connectivity index is 1.42. The predicted molar refractivity (Wildman–Crippen MR) is 121 cm³/mol. The first-order valence-electron chi connectivity index (χ1n) is 11.0. The first kappa shape index (κ1) is 24.3. The summed E-state index contributed by atoms with van der Waals surface area (Å²) in [6.07, 6.45) is -3.82. The highest BCUT2D eigenvalue weighted by atomic mass is 19.4. The van der Waals surface area contributed by atoms with E-state index in [1.54, 1.807) is 12.1 Å². The van der Waals surface area contributed by atoms with Gasteiger partial charge in [-0.25, -0.2) is 4.79 Å². The molecular formula is C26H22F3NO5. The molecule has 1 saturated heterocycles. The van der Waals surface area contributed by atoms with E-state index in [0.29, 0.717) is 12.8 Å². The van der Waals surface area contributed by atoms with Crippen molar-refractivity contribution < 1.29 is 37.0 Å². The molecule has 0 unspecified atom stereocenters. The average molecular weight is 485 g/mol. The SMILES string of the molecule is COC(=O)c1cc2ccccc2cc1OC(=O)C1CCN(C(=O)c2ccc(C(F)(F)F)cc2)CC1. The number of methoxy groups -OCH3 is 1. The van der Waals surface area contributed by atoms with E-state index in [0.717, 1.165) is 35.0 Å². The van der Waals surface area contributed by atoms with Crippen molar-refractivity contribution in [2.75, 3.05) is 20.2 Å². The molecule has 1 aliphatic heterocycles. The number of carbonyl (C=O) groups excluding carboxylic acids is 3. The zero-order chi connectivity index (χ0) is 25.2. The lowest BCUT2D eigenvalue weighted by Gasteiger charge is -2.31. The minimum Gasteiger partial charge on any atom is -0.465 e. The maximum Gasteiger partial charge on any atom is 0.416 e. The molecule has 35 heavy (non-hydrogen) atoms. The van der Waals surface area contributed by atoms with Crippen molar-refractivity contribution in [1.82, 2.24) is 4.90 Å². The number of esters is 2. The number of benzene rings is 3. The van der Waals surface area contributed by atoms with Gasteiger partial charge in [0.25, 0.3) is 5.91 Å². The van der Waals surface area contributed by atoms with Gasteiger partial charge in [0.2, 0.25) is 0 Å². The number of halogens is 3. The van der Waals surface area contributed by atoms with E-state index >= 15 is 0 Å². The summed E-state index contributed by atoms with van der Waals surface area (Å²) >= 11 is 0. The van der Waals surface area contributed by atoms with Crippen LogP contribution in [0.3, 0.4) is 0 Å². The van der Waals surface area contributed by atoms with Crippen molar-refractivity contribution in [2.24, 2.45) is 5.92 Å². The fraction of sp³-hybridized carbons (Fsp3) is 0.269. The molecule has 0 spiro atoms. The maximum atomic E-state index is 12.9. The molecule has 1 fully saturated rings. The average Bonchev–Trinajstić information content (AvgIpc) is 2.87. The lowest BCUT2D eigenvalue weighted by Crippen LogP contribution is -2.41. The number of carbonyl (C=O) groups is 3. The third-order valence-corrected chi connectivity index (χ3v) is 6.04. The summed E-state index contributed by atoms with van der Waals surface area (Å²) < 4.78 is 48.7. The van der Waals surface area contributed by atoms with Gasteiger partial charge in [0.15, 0.2) is 0 Å². The number of likely N-dealkylation sites (tertiary alicyclic amines) is 1. The van der Waals surface area contributed by atoms with Crippen LogP contribution in [-0.4, -0.2) is 42.9 Å². The smallest absolute Gasteiger partial charge is 0.416 e. The molecule has 6 nitrogen and oxygen atoms in total. The van der Waals surface area contributed by atoms with Crippen molar-refractivity contribution in [3.63, 3.8) is 0 Å². The molecule has 4 rings (SSSR count). The van der Waals surface area contributed by atoms with E-state index in [-0.39, 0.29) is 30.0 Å². The van der Waals surface area contributed by atoms with Crippen molar-refractivity contribution in [3.8, 4) is 5.75 Å². The summed E-state index contributed by atoms with van der Waals surface area (Å²) in [7, 11) is 1.24. The number of alkyl halides is 3. The first-order chi connectivity index (χ1) is 16.7. The van der Waals surface area contributed by atoms with Crippen LogP contribution in [-0.2, 0) is 15.7 Å². The summed E-state index contributed by atoms with van der Waals surface area (Å²) in [4.78, 5) is 39.3. The Hall–Kier alpha value is -3.88. The van der Waals surface area contributed by atoms with Gasteiger partial charge in [0.05, 0.1) is 18.6 Å². The normalized spacial score (nSPS) is 14.6. The summed E-state index contributed by atoms with van der Waals surface area (Å²) in [6, 6.07) is 14.6. The number of amides is 1. The zero-order valence-corrected chi connectivity index (χ0v) is 18.8. The predicted octanol–water partition coefficient (Wildman–Crippen LogP) is 5.10. The van der Waals surface area contributed by atoms with E-state index in [1.165, 1.54) is 12.0 Å². The Bertz CT molecular complexity index is 1260. The van der Waals surface area contributed by atoms with E-state index < -0.39 is 35.5 Å². The van der Waals surface area contributed by atoms with Crippen LogP contribution < -0.4 is 4.74 Å². The summed E-state index contributed by atoms with van der Waals surface area (Å²) in [5.41, 5.74) is -0.539. The molecule has 0 saturated carbocycles. The van der Waals surface area contributed by atoms with Gasteiger partial charge in [-0.2, -0.15) is 13.2 Å². The van der Waals surface area contributed by atoms with Gasteiger partial charge in [-0.1, -0.05) is 24.3 Å². The number of hydrogen-bond donors (Lipinski definition) is 0. The highest BCUT2D eigenvalue weighted by Crippen LogP contribution is 2.31. The van der Waals surface area contributed by atoms with Gasteiger partial charge in [-0.3, -0.25) is 9.59 Å². The fourth-order valence-corrected chi connectivity index (χ4v) is 4.07. The van der Waals surface area contributed by atoms with Crippen LogP contribution in [0.5, 0.6) is 5.75 Å². The highest BCUT2D eigenvalue weighted by Gasteiger charge is 2.32. The van der Waals surface area contributed by atoms with Crippen LogP contribution in [0.15, 0.2) is 60.7 Å². The lowest BCUT2D eigenvalue weighted by molar-refractivity contribution is -0.140. The van der Waals surface area contributed by atoms with Gasteiger partial charge in [0, 0.05) is 18.7 Å². The largest absolute Gasteiger partial charge is 0.465 e. The molecule has 0 radical (unpaired) electrons. The molecule has 3 aromatic rings. The second-order valence-electron chi connectivity index (χ2n) is 8.25. The van der Waals surface area contributed by atoms with Gasteiger partial charge < -0.3 is 14.4 Å². The zero-order valence-electron chi connectivity index (χ0n) is 18.8. The van der Waals surface area contributed by atoms with E-state index in [9.17, 15) is 27.6 Å². The van der Waals surface area contributed by atoms with Crippen LogP contribution in [0.4, 0.5) is 13.2 Å². The molecule has 1 heterocycles. The second-order valence-corrected chi connectivity index (χ2v) is 8.25. The molecule has 0 bridgehead atoms. The Morgan fingerprint density at radius 1 is 0.914 bits per heavy atom. The first-order valence-corrected chi connectivity index (χ1v) is 11.0. The number of nitrogens with zero attached hydrogens (tertiary/aromatic N) is 1. The molecule has 1 aliphatic rings. The summed E-state index contributed by atoms with van der Waals surface area (Å²) in [5, 5.41) is 1.59. The second kappa shape index (κ2) is 9.77. The molecule has 0 aromatic heterocycles.